The average molecular weight is 193 g/mol. The topological polar surface area (TPSA) is 29.9 Å². The molecule has 0 aromatic carbocycles. The summed E-state index contributed by atoms with van der Waals surface area (Å²) >= 11 is 0. The largest absolute Gasteiger partial charge is 0.333 e. The molecule has 0 bridgehead atoms. The summed E-state index contributed by atoms with van der Waals surface area (Å²) in [4.78, 5) is 4.22. The summed E-state index contributed by atoms with van der Waals surface area (Å²) in [5, 5.41) is 3.52. The molecule has 1 N–H and O–H groups in total. The number of aryl methyl sites for hydroxylation is 1. The Hall–Kier alpha value is -0.830. The van der Waals surface area contributed by atoms with Gasteiger partial charge in [-0.05, 0) is 25.8 Å². The van der Waals surface area contributed by atoms with Gasteiger partial charge >= 0.3 is 0 Å². The molecule has 2 heterocycles. The van der Waals surface area contributed by atoms with Gasteiger partial charge < -0.3 is 9.88 Å². The molecule has 1 unspecified atom stereocenters. The van der Waals surface area contributed by atoms with Crippen LogP contribution in [0.1, 0.15) is 31.9 Å². The van der Waals surface area contributed by atoms with Gasteiger partial charge in [-0.1, -0.05) is 13.3 Å². The summed E-state index contributed by atoms with van der Waals surface area (Å²) in [5.41, 5.74) is 1.38. The van der Waals surface area contributed by atoms with Gasteiger partial charge in [0.1, 0.15) is 0 Å². The molecule has 1 aromatic rings. The first kappa shape index (κ1) is 9.71. The van der Waals surface area contributed by atoms with Crippen molar-refractivity contribution in [3.63, 3.8) is 0 Å². The molecule has 2 rings (SSSR count). The molecule has 0 aliphatic carbocycles. The lowest BCUT2D eigenvalue weighted by Crippen LogP contribution is -2.27. The van der Waals surface area contributed by atoms with E-state index in [1.54, 1.807) is 0 Å². The molecule has 1 atom stereocenters. The minimum atomic E-state index is 0.666. The molecule has 1 aliphatic rings. The van der Waals surface area contributed by atoms with Crippen LogP contribution in [0.2, 0.25) is 0 Å². The minimum absolute atomic E-state index is 0.666. The Balaban J connectivity index is 1.96. The first-order chi connectivity index (χ1) is 6.90. The van der Waals surface area contributed by atoms with Crippen LogP contribution in [0.5, 0.6) is 0 Å². The SMILES string of the molecule is CCCc1cncn1CC1CCCN1. The van der Waals surface area contributed by atoms with E-state index in [0.717, 1.165) is 13.0 Å². The minimum Gasteiger partial charge on any atom is -0.333 e. The van der Waals surface area contributed by atoms with Crippen LogP contribution in [0.25, 0.3) is 0 Å². The van der Waals surface area contributed by atoms with Crippen molar-refractivity contribution in [1.29, 1.82) is 0 Å². The normalized spacial score (nSPS) is 21.6. The van der Waals surface area contributed by atoms with Crippen LogP contribution in [0.3, 0.4) is 0 Å². The van der Waals surface area contributed by atoms with Crippen molar-refractivity contribution < 1.29 is 0 Å². The van der Waals surface area contributed by atoms with Gasteiger partial charge in [-0.25, -0.2) is 4.98 Å². The van der Waals surface area contributed by atoms with Gasteiger partial charge in [0.15, 0.2) is 0 Å². The van der Waals surface area contributed by atoms with Gasteiger partial charge in [0.05, 0.1) is 6.33 Å². The lowest BCUT2D eigenvalue weighted by atomic mass is 10.2. The molecule has 3 nitrogen and oxygen atoms in total. The predicted molar refractivity (Wildman–Crippen MR) is 57.2 cm³/mol. The highest BCUT2D eigenvalue weighted by atomic mass is 15.1. The molecule has 0 amide bonds. The van der Waals surface area contributed by atoms with Gasteiger partial charge in [-0.15, -0.1) is 0 Å². The third-order valence-electron chi connectivity index (χ3n) is 2.88. The quantitative estimate of drug-likeness (QED) is 0.787. The third-order valence-corrected chi connectivity index (χ3v) is 2.88. The molecule has 0 spiro atoms. The number of aromatic nitrogens is 2. The van der Waals surface area contributed by atoms with E-state index in [4.69, 9.17) is 0 Å². The highest BCUT2D eigenvalue weighted by molar-refractivity contribution is 4.99. The highest BCUT2D eigenvalue weighted by Gasteiger charge is 2.15. The summed E-state index contributed by atoms with van der Waals surface area (Å²) in [7, 11) is 0. The number of imidazole rings is 1. The van der Waals surface area contributed by atoms with Crippen LogP contribution in [0.15, 0.2) is 12.5 Å². The molecule has 14 heavy (non-hydrogen) atoms. The molecule has 0 saturated carbocycles. The summed E-state index contributed by atoms with van der Waals surface area (Å²) in [6.45, 7) is 4.49. The monoisotopic (exact) mass is 193 g/mol. The first-order valence-electron chi connectivity index (χ1n) is 5.62. The number of nitrogens with zero attached hydrogens (tertiary/aromatic N) is 2. The Morgan fingerprint density at radius 3 is 3.29 bits per heavy atom. The Morgan fingerprint density at radius 2 is 2.57 bits per heavy atom. The van der Waals surface area contributed by atoms with E-state index < -0.39 is 0 Å². The zero-order valence-electron chi connectivity index (χ0n) is 8.87. The van der Waals surface area contributed by atoms with Crippen LogP contribution < -0.4 is 5.32 Å². The fraction of sp³-hybridized carbons (Fsp3) is 0.727. The van der Waals surface area contributed by atoms with E-state index in [1.807, 2.05) is 12.5 Å². The zero-order valence-corrected chi connectivity index (χ0v) is 8.87. The number of hydrogen-bond donors (Lipinski definition) is 1. The van der Waals surface area contributed by atoms with Crippen molar-refractivity contribution in [1.82, 2.24) is 14.9 Å². The smallest absolute Gasteiger partial charge is 0.0948 e. The molecule has 1 aliphatic heterocycles. The Kier molecular flexibility index (Phi) is 3.19. The lowest BCUT2D eigenvalue weighted by Gasteiger charge is -2.13. The van der Waals surface area contributed by atoms with Gasteiger partial charge in [0, 0.05) is 24.5 Å². The maximum atomic E-state index is 4.22. The maximum Gasteiger partial charge on any atom is 0.0948 e. The first-order valence-corrected chi connectivity index (χ1v) is 5.62. The van der Waals surface area contributed by atoms with E-state index in [0.29, 0.717) is 6.04 Å². The van der Waals surface area contributed by atoms with E-state index in [-0.39, 0.29) is 0 Å². The Morgan fingerprint density at radius 1 is 1.64 bits per heavy atom. The molecule has 1 saturated heterocycles. The second-order valence-corrected chi connectivity index (χ2v) is 4.08. The van der Waals surface area contributed by atoms with Gasteiger partial charge in [-0.2, -0.15) is 0 Å². The molecule has 3 heteroatoms. The number of rotatable bonds is 4. The third kappa shape index (κ3) is 2.15. The summed E-state index contributed by atoms with van der Waals surface area (Å²) in [6, 6.07) is 0.666. The molecule has 1 aromatic heterocycles. The molecule has 78 valence electrons. The van der Waals surface area contributed by atoms with Crippen LogP contribution in [-0.4, -0.2) is 22.1 Å². The maximum absolute atomic E-state index is 4.22. The van der Waals surface area contributed by atoms with Crippen LogP contribution in [0, 0.1) is 0 Å². The zero-order chi connectivity index (χ0) is 9.80. The Bertz CT molecular complexity index is 274. The molecule has 1 fully saturated rings. The van der Waals surface area contributed by atoms with E-state index in [2.05, 4.69) is 21.8 Å². The number of hydrogen-bond acceptors (Lipinski definition) is 2. The van der Waals surface area contributed by atoms with Crippen LogP contribution >= 0.6 is 0 Å². The fourth-order valence-corrected chi connectivity index (χ4v) is 2.13. The van der Waals surface area contributed by atoms with E-state index >= 15 is 0 Å². The van der Waals surface area contributed by atoms with Crippen molar-refractivity contribution in [3.05, 3.63) is 18.2 Å². The summed E-state index contributed by atoms with van der Waals surface area (Å²) in [5.74, 6) is 0. The van der Waals surface area contributed by atoms with Crippen molar-refractivity contribution in [2.24, 2.45) is 0 Å². The van der Waals surface area contributed by atoms with Crippen LogP contribution in [-0.2, 0) is 13.0 Å². The van der Waals surface area contributed by atoms with Crippen molar-refractivity contribution in [2.45, 2.75) is 45.2 Å². The van der Waals surface area contributed by atoms with E-state index in [9.17, 15) is 0 Å². The molecular formula is C11H19N3. The predicted octanol–water partition coefficient (Wildman–Crippen LogP) is 1.59. The fourth-order valence-electron chi connectivity index (χ4n) is 2.13. The van der Waals surface area contributed by atoms with E-state index in [1.165, 1.54) is 31.5 Å². The van der Waals surface area contributed by atoms with Crippen molar-refractivity contribution >= 4 is 0 Å². The summed E-state index contributed by atoms with van der Waals surface area (Å²) in [6.07, 6.45) is 8.94. The Labute approximate surface area is 85.5 Å². The molecular weight excluding hydrogens is 174 g/mol. The highest BCUT2D eigenvalue weighted by Crippen LogP contribution is 2.10. The lowest BCUT2D eigenvalue weighted by molar-refractivity contribution is 0.497. The van der Waals surface area contributed by atoms with Crippen molar-refractivity contribution in [3.8, 4) is 0 Å². The summed E-state index contributed by atoms with van der Waals surface area (Å²) < 4.78 is 2.30. The van der Waals surface area contributed by atoms with Crippen LogP contribution in [0.4, 0.5) is 0 Å². The number of nitrogens with one attached hydrogen (secondary N) is 1. The van der Waals surface area contributed by atoms with Gasteiger partial charge in [0.2, 0.25) is 0 Å². The van der Waals surface area contributed by atoms with Crippen molar-refractivity contribution in [2.75, 3.05) is 6.54 Å². The molecule has 0 radical (unpaired) electrons. The second kappa shape index (κ2) is 4.60. The standard InChI is InChI=1S/C11H19N3/c1-2-4-11-7-12-9-14(11)8-10-5-3-6-13-10/h7,9-10,13H,2-6,8H2,1H3. The van der Waals surface area contributed by atoms with Gasteiger partial charge in [-0.3, -0.25) is 0 Å². The average Bonchev–Trinajstić information content (AvgIpc) is 2.80. The van der Waals surface area contributed by atoms with Gasteiger partial charge in [0.25, 0.3) is 0 Å². The second-order valence-electron chi connectivity index (χ2n) is 4.08.